The van der Waals surface area contributed by atoms with Crippen molar-refractivity contribution >= 4 is 23.0 Å². The number of nitrogens with one attached hydrogen (secondary N) is 1. The van der Waals surface area contributed by atoms with Gasteiger partial charge in [0.2, 0.25) is 0 Å². The molecule has 2 fully saturated rings. The third kappa shape index (κ3) is 3.86. The molecule has 0 saturated carbocycles. The molecule has 1 aromatic rings. The van der Waals surface area contributed by atoms with Crippen molar-refractivity contribution in [1.82, 2.24) is 4.90 Å². The molecule has 0 aliphatic carbocycles. The molecule has 0 aromatic heterocycles. The number of thiocarbonyl (C=S) groups is 1. The minimum absolute atomic E-state index is 0.0374. The molecule has 0 unspecified atom stereocenters. The molecule has 2 saturated heterocycles. The number of nitrogens with zero attached hydrogens (tertiary/aromatic N) is 1. The first-order valence-corrected chi connectivity index (χ1v) is 9.20. The standard InChI is InChI=1S/C19H28N2OS/c1-3-18(2)14-19(11-13-22-18)10-7-12-21(15-19)17(23)20-16-8-5-4-6-9-16/h4-6,8-9H,3,7,10-15H2,1-2H3,(H,20,23)/t18-,19-/m1/s1. The van der Waals surface area contributed by atoms with Gasteiger partial charge in [0.1, 0.15) is 0 Å². The Labute approximate surface area is 145 Å². The zero-order valence-electron chi connectivity index (χ0n) is 14.3. The minimum Gasteiger partial charge on any atom is -0.375 e. The van der Waals surface area contributed by atoms with Gasteiger partial charge in [0.05, 0.1) is 5.60 Å². The number of benzene rings is 1. The molecule has 3 rings (SSSR count). The van der Waals surface area contributed by atoms with Crippen LogP contribution in [0.15, 0.2) is 30.3 Å². The highest BCUT2D eigenvalue weighted by Crippen LogP contribution is 2.46. The predicted molar refractivity (Wildman–Crippen MR) is 99.8 cm³/mol. The van der Waals surface area contributed by atoms with Crippen molar-refractivity contribution in [2.75, 3.05) is 25.0 Å². The van der Waals surface area contributed by atoms with E-state index in [0.29, 0.717) is 5.41 Å². The van der Waals surface area contributed by atoms with E-state index in [4.69, 9.17) is 17.0 Å². The summed E-state index contributed by atoms with van der Waals surface area (Å²) in [6.07, 6.45) is 5.92. The molecule has 23 heavy (non-hydrogen) atoms. The van der Waals surface area contributed by atoms with Crippen molar-refractivity contribution < 1.29 is 4.74 Å². The number of hydrogen-bond acceptors (Lipinski definition) is 2. The van der Waals surface area contributed by atoms with E-state index in [0.717, 1.165) is 49.8 Å². The van der Waals surface area contributed by atoms with Gasteiger partial charge in [0.25, 0.3) is 0 Å². The molecule has 1 aromatic carbocycles. The Hall–Kier alpha value is -1.13. The SMILES string of the molecule is CC[C@]1(C)C[C@@]2(CCCN(C(=S)Nc3ccccc3)C2)CCO1. The van der Waals surface area contributed by atoms with Crippen LogP contribution in [0.3, 0.4) is 0 Å². The van der Waals surface area contributed by atoms with E-state index in [-0.39, 0.29) is 5.60 Å². The number of rotatable bonds is 2. The quantitative estimate of drug-likeness (QED) is 0.809. The Kier molecular flexibility index (Phi) is 4.93. The van der Waals surface area contributed by atoms with Gasteiger partial charge in [-0.2, -0.15) is 0 Å². The van der Waals surface area contributed by atoms with Gasteiger partial charge in [-0.1, -0.05) is 25.1 Å². The Morgan fingerprint density at radius 2 is 2.09 bits per heavy atom. The first kappa shape index (κ1) is 16.7. The van der Waals surface area contributed by atoms with E-state index in [1.807, 2.05) is 18.2 Å². The van der Waals surface area contributed by atoms with Crippen LogP contribution in [0.4, 0.5) is 5.69 Å². The number of anilines is 1. The Bertz CT molecular complexity index is 546. The molecule has 126 valence electrons. The number of para-hydroxylation sites is 1. The summed E-state index contributed by atoms with van der Waals surface area (Å²) in [6.45, 7) is 7.51. The molecule has 0 radical (unpaired) electrons. The van der Waals surface area contributed by atoms with Crippen LogP contribution >= 0.6 is 12.2 Å². The lowest BCUT2D eigenvalue weighted by atomic mass is 9.68. The molecule has 4 heteroatoms. The second kappa shape index (κ2) is 6.78. The summed E-state index contributed by atoms with van der Waals surface area (Å²) >= 11 is 5.68. The third-order valence-electron chi connectivity index (χ3n) is 5.55. The van der Waals surface area contributed by atoms with Crippen LogP contribution in [0, 0.1) is 5.41 Å². The van der Waals surface area contributed by atoms with Crippen LogP contribution in [0.1, 0.15) is 46.0 Å². The van der Waals surface area contributed by atoms with Gasteiger partial charge in [-0.05, 0) is 68.8 Å². The van der Waals surface area contributed by atoms with Gasteiger partial charge >= 0.3 is 0 Å². The largest absolute Gasteiger partial charge is 0.375 e. The molecule has 2 heterocycles. The molecule has 2 atom stereocenters. The third-order valence-corrected chi connectivity index (χ3v) is 5.91. The summed E-state index contributed by atoms with van der Waals surface area (Å²) in [5, 5.41) is 4.26. The number of piperidine rings is 1. The topological polar surface area (TPSA) is 24.5 Å². The van der Waals surface area contributed by atoms with Gasteiger partial charge in [0, 0.05) is 25.4 Å². The van der Waals surface area contributed by atoms with E-state index in [1.54, 1.807) is 0 Å². The second-order valence-electron chi connectivity index (χ2n) is 7.40. The van der Waals surface area contributed by atoms with E-state index >= 15 is 0 Å². The van der Waals surface area contributed by atoms with Gasteiger partial charge in [0.15, 0.2) is 5.11 Å². The lowest BCUT2D eigenvalue weighted by Crippen LogP contribution is -2.53. The molecule has 0 amide bonds. The molecule has 1 spiro atoms. The summed E-state index contributed by atoms with van der Waals surface area (Å²) in [5.41, 5.74) is 1.47. The van der Waals surface area contributed by atoms with Crippen LogP contribution in [0.5, 0.6) is 0 Å². The van der Waals surface area contributed by atoms with Crippen LogP contribution in [-0.2, 0) is 4.74 Å². The lowest BCUT2D eigenvalue weighted by molar-refractivity contribution is -0.129. The number of likely N-dealkylation sites (tertiary alicyclic amines) is 1. The predicted octanol–water partition coefficient (Wildman–Crippen LogP) is 4.44. The number of ether oxygens (including phenoxy) is 1. The highest BCUT2D eigenvalue weighted by atomic mass is 32.1. The lowest BCUT2D eigenvalue weighted by Gasteiger charge is -2.51. The fourth-order valence-electron chi connectivity index (χ4n) is 4.13. The fourth-order valence-corrected chi connectivity index (χ4v) is 4.40. The molecule has 3 nitrogen and oxygen atoms in total. The normalized spacial score (nSPS) is 31.1. The maximum absolute atomic E-state index is 6.07. The average molecular weight is 333 g/mol. The second-order valence-corrected chi connectivity index (χ2v) is 7.79. The first-order chi connectivity index (χ1) is 11.0. The summed E-state index contributed by atoms with van der Waals surface area (Å²) in [6, 6.07) is 10.2. The zero-order valence-corrected chi connectivity index (χ0v) is 15.1. The Morgan fingerprint density at radius 1 is 1.30 bits per heavy atom. The molecule has 2 aliphatic rings. The maximum atomic E-state index is 6.07. The first-order valence-electron chi connectivity index (χ1n) is 8.79. The van der Waals surface area contributed by atoms with Gasteiger partial charge in [-0.15, -0.1) is 0 Å². The Morgan fingerprint density at radius 3 is 2.83 bits per heavy atom. The van der Waals surface area contributed by atoms with Gasteiger partial charge in [-0.25, -0.2) is 0 Å². The fraction of sp³-hybridized carbons (Fsp3) is 0.632. The molecule has 2 aliphatic heterocycles. The van der Waals surface area contributed by atoms with Crippen molar-refractivity contribution in [3.05, 3.63) is 30.3 Å². The molecule has 0 bridgehead atoms. The van der Waals surface area contributed by atoms with E-state index < -0.39 is 0 Å². The minimum atomic E-state index is 0.0374. The summed E-state index contributed by atoms with van der Waals surface area (Å²) in [5.74, 6) is 0. The van der Waals surface area contributed by atoms with E-state index in [2.05, 4.69) is 36.2 Å². The van der Waals surface area contributed by atoms with Crippen molar-refractivity contribution in [1.29, 1.82) is 0 Å². The van der Waals surface area contributed by atoms with Gasteiger partial charge < -0.3 is 15.0 Å². The Balaban J connectivity index is 1.67. The average Bonchev–Trinajstić information content (AvgIpc) is 2.56. The summed E-state index contributed by atoms with van der Waals surface area (Å²) in [7, 11) is 0. The number of hydrogen-bond donors (Lipinski definition) is 1. The summed E-state index contributed by atoms with van der Waals surface area (Å²) in [4.78, 5) is 2.37. The van der Waals surface area contributed by atoms with Crippen LogP contribution < -0.4 is 5.32 Å². The van der Waals surface area contributed by atoms with Gasteiger partial charge in [-0.3, -0.25) is 0 Å². The molecule has 1 N–H and O–H groups in total. The monoisotopic (exact) mass is 332 g/mol. The molecular formula is C19H28N2OS. The zero-order chi connectivity index (χ0) is 16.3. The van der Waals surface area contributed by atoms with Crippen molar-refractivity contribution in [2.24, 2.45) is 5.41 Å². The van der Waals surface area contributed by atoms with Crippen molar-refractivity contribution in [3.63, 3.8) is 0 Å². The highest BCUT2D eigenvalue weighted by molar-refractivity contribution is 7.80. The van der Waals surface area contributed by atoms with Crippen molar-refractivity contribution in [3.8, 4) is 0 Å². The molecular weight excluding hydrogens is 304 g/mol. The van der Waals surface area contributed by atoms with E-state index in [1.165, 1.54) is 12.8 Å². The van der Waals surface area contributed by atoms with Crippen LogP contribution in [0.25, 0.3) is 0 Å². The smallest absolute Gasteiger partial charge is 0.173 e. The summed E-state index contributed by atoms with van der Waals surface area (Å²) < 4.78 is 6.07. The highest BCUT2D eigenvalue weighted by Gasteiger charge is 2.44. The van der Waals surface area contributed by atoms with Crippen LogP contribution in [-0.4, -0.2) is 35.3 Å². The maximum Gasteiger partial charge on any atom is 0.173 e. The van der Waals surface area contributed by atoms with Crippen LogP contribution in [0.2, 0.25) is 0 Å². The van der Waals surface area contributed by atoms with Crippen molar-refractivity contribution in [2.45, 2.75) is 51.6 Å². The van der Waals surface area contributed by atoms with E-state index in [9.17, 15) is 0 Å².